The fraction of sp³-hybridized carbons (Fsp3) is 0.786. The first kappa shape index (κ1) is 26.2. The molecular formula is C28H40O7. The monoisotopic (exact) mass is 488 g/mol. The molecule has 0 heterocycles. The van der Waals surface area contributed by atoms with Crippen molar-refractivity contribution in [2.24, 2.45) is 39.4 Å². The molecule has 194 valence electrons. The maximum absolute atomic E-state index is 14.0. The molecule has 8 atom stereocenters. The van der Waals surface area contributed by atoms with Gasteiger partial charge in [-0.25, -0.2) is 0 Å². The van der Waals surface area contributed by atoms with Gasteiger partial charge in [0.2, 0.25) is 0 Å². The number of ketones is 3. The normalized spacial score (nSPS) is 43.4. The van der Waals surface area contributed by atoms with Gasteiger partial charge in [0.15, 0.2) is 11.6 Å². The summed E-state index contributed by atoms with van der Waals surface area (Å²) in [7, 11) is 1.33. The van der Waals surface area contributed by atoms with Crippen molar-refractivity contribution in [2.75, 3.05) is 7.11 Å². The number of carbonyl (C=O) groups excluding carboxylic acids is 4. The molecule has 0 spiro atoms. The van der Waals surface area contributed by atoms with E-state index in [1.54, 1.807) is 13.8 Å². The van der Waals surface area contributed by atoms with E-state index in [1.807, 2.05) is 27.7 Å². The van der Waals surface area contributed by atoms with E-state index < -0.39 is 39.7 Å². The smallest absolute Gasteiger partial charge is 0.305 e. The Morgan fingerprint density at radius 1 is 1.06 bits per heavy atom. The van der Waals surface area contributed by atoms with Gasteiger partial charge in [0, 0.05) is 41.2 Å². The number of hydrogen-bond acceptors (Lipinski definition) is 7. The van der Waals surface area contributed by atoms with Crippen LogP contribution in [0.5, 0.6) is 0 Å². The van der Waals surface area contributed by atoms with Crippen LogP contribution in [0.25, 0.3) is 0 Å². The second-order valence-corrected chi connectivity index (χ2v) is 12.7. The Balaban J connectivity index is 1.87. The summed E-state index contributed by atoms with van der Waals surface area (Å²) in [6.45, 7) is 11.3. The van der Waals surface area contributed by atoms with Crippen molar-refractivity contribution < 1.29 is 34.1 Å². The minimum absolute atomic E-state index is 0.125. The summed E-state index contributed by atoms with van der Waals surface area (Å²) in [5, 5.41) is 22.4. The Morgan fingerprint density at radius 2 is 1.69 bits per heavy atom. The van der Waals surface area contributed by atoms with Crippen LogP contribution >= 0.6 is 0 Å². The molecule has 0 aromatic carbocycles. The maximum Gasteiger partial charge on any atom is 0.305 e. The number of ether oxygens (including phenoxy) is 1. The summed E-state index contributed by atoms with van der Waals surface area (Å²) in [6.07, 6.45) is -0.0458. The third-order valence-corrected chi connectivity index (χ3v) is 11.0. The van der Waals surface area contributed by atoms with E-state index in [4.69, 9.17) is 4.74 Å². The first-order chi connectivity index (χ1) is 16.1. The van der Waals surface area contributed by atoms with Crippen molar-refractivity contribution in [3.05, 3.63) is 11.1 Å². The SMILES string of the molecule is COC(=O)CCC(C)[C@H]1CC(=O)[C@@]2(C)C3=C(C(=O)[C@@H](O)[C@]12C)[C@@]1(C)CC[C@H](O)C(C)(C)[C@@H]1CC3=O. The van der Waals surface area contributed by atoms with Crippen LogP contribution in [0, 0.1) is 39.4 Å². The van der Waals surface area contributed by atoms with Gasteiger partial charge in [-0.2, -0.15) is 0 Å². The highest BCUT2D eigenvalue weighted by molar-refractivity contribution is 6.17. The molecule has 0 radical (unpaired) electrons. The molecule has 0 aliphatic heterocycles. The fourth-order valence-corrected chi connectivity index (χ4v) is 8.49. The van der Waals surface area contributed by atoms with Gasteiger partial charge in [0.1, 0.15) is 11.9 Å². The largest absolute Gasteiger partial charge is 0.469 e. The van der Waals surface area contributed by atoms with Gasteiger partial charge in [-0.3, -0.25) is 19.2 Å². The van der Waals surface area contributed by atoms with E-state index in [9.17, 15) is 29.4 Å². The van der Waals surface area contributed by atoms with Gasteiger partial charge in [-0.15, -0.1) is 0 Å². The molecule has 0 aromatic heterocycles. The number of esters is 1. The average Bonchev–Trinajstić information content (AvgIpc) is 3.01. The van der Waals surface area contributed by atoms with Crippen molar-refractivity contribution >= 4 is 23.3 Å². The molecule has 7 nitrogen and oxygen atoms in total. The van der Waals surface area contributed by atoms with Gasteiger partial charge in [-0.05, 0) is 49.4 Å². The van der Waals surface area contributed by atoms with Crippen LogP contribution in [-0.2, 0) is 23.9 Å². The van der Waals surface area contributed by atoms with Crippen molar-refractivity contribution in [2.45, 2.75) is 92.3 Å². The molecule has 2 saturated carbocycles. The van der Waals surface area contributed by atoms with Crippen LogP contribution in [-0.4, -0.2) is 52.8 Å². The van der Waals surface area contributed by atoms with Crippen LogP contribution in [0.4, 0.5) is 0 Å². The van der Waals surface area contributed by atoms with E-state index in [2.05, 4.69) is 0 Å². The van der Waals surface area contributed by atoms with E-state index in [-0.39, 0.29) is 54.6 Å². The minimum atomic E-state index is -1.43. The number of carbonyl (C=O) groups is 4. The molecule has 4 rings (SSSR count). The third-order valence-electron chi connectivity index (χ3n) is 11.0. The van der Waals surface area contributed by atoms with Crippen LogP contribution in [0.3, 0.4) is 0 Å². The Kier molecular flexibility index (Phi) is 6.04. The molecule has 4 aliphatic carbocycles. The Morgan fingerprint density at radius 3 is 2.29 bits per heavy atom. The predicted octanol–water partition coefficient (Wildman–Crippen LogP) is 3.19. The lowest BCUT2D eigenvalue weighted by Crippen LogP contribution is -2.64. The zero-order chi connectivity index (χ0) is 26.3. The van der Waals surface area contributed by atoms with Crippen LogP contribution in [0.2, 0.25) is 0 Å². The van der Waals surface area contributed by atoms with Gasteiger partial charge in [0.25, 0.3) is 0 Å². The van der Waals surface area contributed by atoms with E-state index in [0.29, 0.717) is 30.4 Å². The first-order valence-electron chi connectivity index (χ1n) is 12.9. The number of aliphatic hydroxyl groups is 2. The highest BCUT2D eigenvalue weighted by atomic mass is 16.5. The molecule has 7 heteroatoms. The summed E-state index contributed by atoms with van der Waals surface area (Å²) in [6, 6.07) is 0. The van der Waals surface area contributed by atoms with E-state index in [1.165, 1.54) is 7.11 Å². The molecule has 35 heavy (non-hydrogen) atoms. The Hall–Kier alpha value is -1.86. The number of aliphatic hydroxyl groups excluding tert-OH is 2. The molecule has 0 amide bonds. The van der Waals surface area contributed by atoms with Crippen LogP contribution in [0.15, 0.2) is 11.1 Å². The summed E-state index contributed by atoms with van der Waals surface area (Å²) < 4.78 is 4.77. The summed E-state index contributed by atoms with van der Waals surface area (Å²) in [5.74, 6) is -1.90. The molecule has 1 unspecified atom stereocenters. The second kappa shape index (κ2) is 8.07. The lowest BCUT2D eigenvalue weighted by molar-refractivity contribution is -0.159. The first-order valence-corrected chi connectivity index (χ1v) is 12.9. The fourth-order valence-electron chi connectivity index (χ4n) is 8.49. The average molecular weight is 489 g/mol. The number of Topliss-reactive ketones (excluding diaryl/α,β-unsaturated/α-hetero) is 3. The molecule has 0 aromatic rings. The minimum Gasteiger partial charge on any atom is -0.469 e. The lowest BCUT2D eigenvalue weighted by atomic mass is 9.42. The summed E-state index contributed by atoms with van der Waals surface area (Å²) in [4.78, 5) is 53.4. The zero-order valence-electron chi connectivity index (χ0n) is 22.1. The number of hydrogen-bond donors (Lipinski definition) is 2. The summed E-state index contributed by atoms with van der Waals surface area (Å²) >= 11 is 0. The van der Waals surface area contributed by atoms with Crippen molar-refractivity contribution in [3.8, 4) is 0 Å². The van der Waals surface area contributed by atoms with E-state index >= 15 is 0 Å². The molecule has 4 aliphatic rings. The van der Waals surface area contributed by atoms with Gasteiger partial charge >= 0.3 is 5.97 Å². The van der Waals surface area contributed by atoms with Crippen molar-refractivity contribution in [1.29, 1.82) is 0 Å². The number of fused-ring (bicyclic) bond motifs is 4. The highest BCUT2D eigenvalue weighted by Crippen LogP contribution is 2.70. The second-order valence-electron chi connectivity index (χ2n) is 12.7. The number of methoxy groups -OCH3 is 1. The van der Waals surface area contributed by atoms with Crippen LogP contribution in [0.1, 0.15) is 80.1 Å². The highest BCUT2D eigenvalue weighted by Gasteiger charge is 2.73. The molecule has 2 N–H and O–H groups in total. The number of rotatable bonds is 4. The molecule has 0 bridgehead atoms. The molecule has 2 fully saturated rings. The maximum atomic E-state index is 14.0. The van der Waals surface area contributed by atoms with E-state index in [0.717, 1.165) is 0 Å². The Labute approximate surface area is 207 Å². The molecule has 0 saturated heterocycles. The standard InChI is InChI=1S/C28H40O7/c1-14(8-9-20(32)35-7)15-12-19(31)28(6)21-16(29)13-17-25(2,3)18(30)10-11-26(17,4)22(21)23(33)24(34)27(15,28)5/h14-15,17-18,24,30,34H,8-13H2,1-7H3/t14?,15-,17+,18+,24-,26+,27+,28+/m1/s1. The number of allylic oxidation sites excluding steroid dienone is 1. The van der Waals surface area contributed by atoms with Gasteiger partial charge < -0.3 is 14.9 Å². The van der Waals surface area contributed by atoms with Crippen LogP contribution < -0.4 is 0 Å². The predicted molar refractivity (Wildman–Crippen MR) is 128 cm³/mol. The zero-order valence-corrected chi connectivity index (χ0v) is 22.1. The Bertz CT molecular complexity index is 1020. The van der Waals surface area contributed by atoms with Gasteiger partial charge in [0.05, 0.1) is 18.6 Å². The summed E-state index contributed by atoms with van der Waals surface area (Å²) in [5.41, 5.74) is -3.11. The lowest BCUT2D eigenvalue weighted by Gasteiger charge is -2.60. The van der Waals surface area contributed by atoms with Crippen molar-refractivity contribution in [1.82, 2.24) is 0 Å². The van der Waals surface area contributed by atoms with Gasteiger partial charge in [-0.1, -0.05) is 34.6 Å². The molecular weight excluding hydrogens is 448 g/mol. The quantitative estimate of drug-likeness (QED) is 0.584. The third kappa shape index (κ3) is 3.16. The van der Waals surface area contributed by atoms with Crippen molar-refractivity contribution in [3.63, 3.8) is 0 Å². The topological polar surface area (TPSA) is 118 Å².